The van der Waals surface area contributed by atoms with Crippen molar-refractivity contribution in [3.8, 4) is 0 Å². The summed E-state index contributed by atoms with van der Waals surface area (Å²) >= 11 is 0. The Balaban J connectivity index is 1.82. The smallest absolute Gasteiger partial charge is 0.0561 e. The predicted molar refractivity (Wildman–Crippen MR) is 81.2 cm³/mol. The molecule has 1 saturated heterocycles. The van der Waals surface area contributed by atoms with Gasteiger partial charge in [0.25, 0.3) is 0 Å². The van der Waals surface area contributed by atoms with Crippen LogP contribution in [0.15, 0.2) is 24.3 Å². The van der Waals surface area contributed by atoms with Crippen LogP contribution in [0.4, 0.5) is 5.69 Å². The summed E-state index contributed by atoms with van der Waals surface area (Å²) in [5.41, 5.74) is 2.74. The van der Waals surface area contributed by atoms with E-state index in [1.54, 1.807) is 0 Å². The summed E-state index contributed by atoms with van der Waals surface area (Å²) in [7, 11) is 0. The number of rotatable bonds is 3. The molecule has 0 aromatic heterocycles. The fourth-order valence-electron chi connectivity index (χ4n) is 3.55. The highest BCUT2D eigenvalue weighted by molar-refractivity contribution is 5.54. The molecule has 3 nitrogen and oxygen atoms in total. The number of fused-ring (bicyclic) bond motifs is 1. The van der Waals surface area contributed by atoms with Gasteiger partial charge in [-0.1, -0.05) is 18.2 Å². The van der Waals surface area contributed by atoms with E-state index in [2.05, 4.69) is 29.2 Å². The van der Waals surface area contributed by atoms with Crippen LogP contribution in [0.3, 0.4) is 0 Å². The lowest BCUT2D eigenvalue weighted by atomic mass is 9.82. The van der Waals surface area contributed by atoms with Crippen LogP contribution in [0.25, 0.3) is 0 Å². The molecule has 2 aliphatic rings. The fraction of sp³-hybridized carbons (Fsp3) is 0.647. The molecule has 3 rings (SSSR count). The highest BCUT2D eigenvalue weighted by atomic mass is 16.5. The summed E-state index contributed by atoms with van der Waals surface area (Å²) in [5, 5.41) is 9.88. The maximum atomic E-state index is 9.88. The molecule has 110 valence electrons. The molecule has 2 aliphatic heterocycles. The molecule has 1 unspecified atom stereocenters. The van der Waals surface area contributed by atoms with Crippen molar-refractivity contribution in [3.05, 3.63) is 29.8 Å². The molecule has 0 bridgehead atoms. The monoisotopic (exact) mass is 275 g/mol. The van der Waals surface area contributed by atoms with Gasteiger partial charge >= 0.3 is 0 Å². The van der Waals surface area contributed by atoms with Crippen molar-refractivity contribution in [2.24, 2.45) is 5.41 Å². The molecule has 1 fully saturated rings. The van der Waals surface area contributed by atoms with Crippen molar-refractivity contribution >= 4 is 5.69 Å². The Kier molecular flexibility index (Phi) is 4.27. The van der Waals surface area contributed by atoms with E-state index in [0.29, 0.717) is 6.61 Å². The van der Waals surface area contributed by atoms with Crippen molar-refractivity contribution in [2.75, 3.05) is 37.8 Å². The molecule has 3 heteroatoms. The quantitative estimate of drug-likeness (QED) is 0.920. The van der Waals surface area contributed by atoms with Crippen LogP contribution < -0.4 is 4.90 Å². The number of hydrogen-bond donors (Lipinski definition) is 1. The molecule has 1 atom stereocenters. The summed E-state index contributed by atoms with van der Waals surface area (Å²) in [4.78, 5) is 2.48. The number of nitrogens with zero attached hydrogens (tertiary/aromatic N) is 1. The van der Waals surface area contributed by atoms with E-state index in [-0.39, 0.29) is 12.0 Å². The van der Waals surface area contributed by atoms with Crippen LogP contribution in [-0.4, -0.2) is 38.0 Å². The van der Waals surface area contributed by atoms with E-state index in [0.717, 1.165) is 32.5 Å². The van der Waals surface area contributed by atoms with Crippen molar-refractivity contribution in [1.82, 2.24) is 0 Å². The predicted octanol–water partition coefficient (Wildman–Crippen LogP) is 2.62. The van der Waals surface area contributed by atoms with Gasteiger partial charge in [0.05, 0.1) is 13.2 Å². The topological polar surface area (TPSA) is 32.7 Å². The Hall–Kier alpha value is -1.06. The highest BCUT2D eigenvalue weighted by Crippen LogP contribution is 2.33. The highest BCUT2D eigenvalue weighted by Gasteiger charge is 2.35. The second kappa shape index (κ2) is 6.15. The largest absolute Gasteiger partial charge is 0.396 e. The lowest BCUT2D eigenvalue weighted by molar-refractivity contribution is -0.0336. The molecule has 0 saturated carbocycles. The number of ether oxygens (including phenoxy) is 1. The van der Waals surface area contributed by atoms with Gasteiger partial charge in [0.15, 0.2) is 0 Å². The van der Waals surface area contributed by atoms with E-state index >= 15 is 0 Å². The van der Waals surface area contributed by atoms with E-state index in [1.807, 2.05) is 0 Å². The minimum Gasteiger partial charge on any atom is -0.396 e. The second-order valence-corrected chi connectivity index (χ2v) is 6.32. The Labute approximate surface area is 121 Å². The second-order valence-electron chi connectivity index (χ2n) is 6.32. The summed E-state index contributed by atoms with van der Waals surface area (Å²) in [5.74, 6) is 0. The Bertz CT molecular complexity index is 440. The molecule has 1 N–H and O–H groups in total. The van der Waals surface area contributed by atoms with Gasteiger partial charge in [-0.2, -0.15) is 0 Å². The molecule has 0 radical (unpaired) electrons. The molecule has 2 heterocycles. The normalized spacial score (nSPS) is 26.9. The lowest BCUT2D eigenvalue weighted by Crippen LogP contribution is -2.46. The Morgan fingerprint density at radius 1 is 1.20 bits per heavy atom. The molecule has 1 aromatic carbocycles. The van der Waals surface area contributed by atoms with Crippen LogP contribution in [0, 0.1) is 5.41 Å². The SMILES string of the molecule is OCC1(CN2CCCCc3ccccc32)CCCOC1. The van der Waals surface area contributed by atoms with E-state index in [9.17, 15) is 5.11 Å². The summed E-state index contributed by atoms with van der Waals surface area (Å²) in [6.07, 6.45) is 5.81. The standard InChI is InChI=1S/C17H25NO2/c19-13-17(9-5-11-20-14-17)12-18-10-4-3-7-15-6-1-2-8-16(15)18/h1-2,6,8,19H,3-5,7,9-14H2. The van der Waals surface area contributed by atoms with E-state index < -0.39 is 0 Å². The number of aliphatic hydroxyl groups excluding tert-OH is 1. The van der Waals surface area contributed by atoms with E-state index in [1.165, 1.54) is 30.5 Å². The molecule has 1 aromatic rings. The summed E-state index contributed by atoms with van der Waals surface area (Å²) in [6.45, 7) is 3.78. The van der Waals surface area contributed by atoms with Gasteiger partial charge in [0, 0.05) is 30.8 Å². The van der Waals surface area contributed by atoms with Crippen molar-refractivity contribution in [2.45, 2.75) is 32.1 Å². The average Bonchev–Trinajstić information content (AvgIpc) is 2.71. The van der Waals surface area contributed by atoms with Gasteiger partial charge in [0.1, 0.15) is 0 Å². The maximum absolute atomic E-state index is 9.88. The first kappa shape index (κ1) is 13.9. The van der Waals surface area contributed by atoms with E-state index in [4.69, 9.17) is 4.74 Å². The van der Waals surface area contributed by atoms with Crippen molar-refractivity contribution in [1.29, 1.82) is 0 Å². The first-order chi connectivity index (χ1) is 9.83. The average molecular weight is 275 g/mol. The molecular formula is C17H25NO2. The molecule has 20 heavy (non-hydrogen) atoms. The molecule has 0 aliphatic carbocycles. The molecule has 0 amide bonds. The van der Waals surface area contributed by atoms with Crippen LogP contribution in [0.2, 0.25) is 0 Å². The van der Waals surface area contributed by atoms with Gasteiger partial charge in [-0.3, -0.25) is 0 Å². The number of para-hydroxylation sites is 1. The minimum absolute atomic E-state index is 0.0737. The van der Waals surface area contributed by atoms with Gasteiger partial charge in [0.2, 0.25) is 0 Å². The first-order valence-electron chi connectivity index (χ1n) is 7.84. The van der Waals surface area contributed by atoms with Gasteiger partial charge in [-0.15, -0.1) is 0 Å². The number of hydrogen-bond acceptors (Lipinski definition) is 3. The van der Waals surface area contributed by atoms with Gasteiger partial charge in [-0.25, -0.2) is 0 Å². The van der Waals surface area contributed by atoms with Crippen LogP contribution in [0.1, 0.15) is 31.2 Å². The maximum Gasteiger partial charge on any atom is 0.0561 e. The zero-order valence-electron chi connectivity index (χ0n) is 12.2. The number of aliphatic hydroxyl groups is 1. The molecular weight excluding hydrogens is 250 g/mol. The first-order valence-corrected chi connectivity index (χ1v) is 7.84. The molecule has 0 spiro atoms. The minimum atomic E-state index is -0.0737. The van der Waals surface area contributed by atoms with Crippen molar-refractivity contribution in [3.63, 3.8) is 0 Å². The number of anilines is 1. The third-order valence-electron chi connectivity index (χ3n) is 4.72. The Morgan fingerprint density at radius 2 is 2.10 bits per heavy atom. The third-order valence-corrected chi connectivity index (χ3v) is 4.72. The van der Waals surface area contributed by atoms with Crippen LogP contribution in [0.5, 0.6) is 0 Å². The fourth-order valence-corrected chi connectivity index (χ4v) is 3.55. The number of aryl methyl sites for hydroxylation is 1. The van der Waals surface area contributed by atoms with Crippen molar-refractivity contribution < 1.29 is 9.84 Å². The lowest BCUT2D eigenvalue weighted by Gasteiger charge is -2.40. The summed E-state index contributed by atoms with van der Waals surface area (Å²) in [6, 6.07) is 8.74. The van der Waals surface area contributed by atoms with Gasteiger partial charge < -0.3 is 14.7 Å². The Morgan fingerprint density at radius 3 is 2.90 bits per heavy atom. The third kappa shape index (κ3) is 2.84. The van der Waals surface area contributed by atoms with Gasteiger partial charge in [-0.05, 0) is 43.7 Å². The summed E-state index contributed by atoms with van der Waals surface area (Å²) < 4.78 is 5.65. The van der Waals surface area contributed by atoms with Crippen LogP contribution >= 0.6 is 0 Å². The zero-order chi connectivity index (χ0) is 13.8. The zero-order valence-corrected chi connectivity index (χ0v) is 12.2. The van der Waals surface area contributed by atoms with Crippen LogP contribution in [-0.2, 0) is 11.2 Å². The number of benzene rings is 1.